The minimum Gasteiger partial charge on any atom is -0.496 e. The van der Waals surface area contributed by atoms with Crippen LogP contribution in [-0.2, 0) is 7.05 Å². The Morgan fingerprint density at radius 1 is 1.44 bits per heavy atom. The summed E-state index contributed by atoms with van der Waals surface area (Å²) in [5.41, 5.74) is 0.545. The smallest absolute Gasteiger partial charge is 0.256 e. The van der Waals surface area contributed by atoms with Crippen LogP contribution in [0.15, 0.2) is 34.9 Å². The fraction of sp³-hybridized carbons (Fsp3) is 0.167. The number of amides is 1. The van der Waals surface area contributed by atoms with Gasteiger partial charge in [-0.25, -0.2) is 0 Å². The third-order valence-corrected chi connectivity index (χ3v) is 3.10. The number of anilines is 1. The van der Waals surface area contributed by atoms with Gasteiger partial charge in [0, 0.05) is 18.7 Å². The third-order valence-electron chi connectivity index (χ3n) is 2.48. The van der Waals surface area contributed by atoms with Crippen molar-refractivity contribution < 1.29 is 9.53 Å². The zero-order valence-electron chi connectivity index (χ0n) is 9.98. The second kappa shape index (κ2) is 5.22. The summed E-state index contributed by atoms with van der Waals surface area (Å²) >= 11 is 3.35. The lowest BCUT2D eigenvalue weighted by molar-refractivity contribution is 0.102. The van der Waals surface area contributed by atoms with Gasteiger partial charge in [-0.15, -0.1) is 0 Å². The van der Waals surface area contributed by atoms with Gasteiger partial charge in [0.15, 0.2) is 0 Å². The lowest BCUT2D eigenvalue weighted by Crippen LogP contribution is -2.14. The highest BCUT2D eigenvalue weighted by atomic mass is 79.9. The van der Waals surface area contributed by atoms with Crippen molar-refractivity contribution in [1.29, 1.82) is 0 Å². The molecule has 0 unspecified atom stereocenters. The molecular weight excluding hydrogens is 298 g/mol. The van der Waals surface area contributed by atoms with E-state index >= 15 is 0 Å². The number of carbonyl (C=O) groups excluding carboxylic acids is 1. The number of ether oxygens (including phenoxy) is 1. The number of carbonyl (C=O) groups is 1. The minimum atomic E-state index is -0.193. The van der Waals surface area contributed by atoms with E-state index in [1.807, 2.05) is 0 Å². The largest absolute Gasteiger partial charge is 0.496 e. The van der Waals surface area contributed by atoms with Gasteiger partial charge in [0.05, 0.1) is 17.8 Å². The highest BCUT2D eigenvalue weighted by Gasteiger charge is 2.10. The normalized spacial score (nSPS) is 10.2. The molecule has 0 radical (unpaired) electrons. The Labute approximate surface area is 113 Å². The summed E-state index contributed by atoms with van der Waals surface area (Å²) in [6, 6.07) is 6.89. The topological polar surface area (TPSA) is 56.1 Å². The number of halogens is 1. The van der Waals surface area contributed by atoms with E-state index in [4.69, 9.17) is 4.74 Å². The van der Waals surface area contributed by atoms with Gasteiger partial charge >= 0.3 is 0 Å². The lowest BCUT2D eigenvalue weighted by atomic mass is 10.2. The van der Waals surface area contributed by atoms with Crippen molar-refractivity contribution in [3.63, 3.8) is 0 Å². The Kier molecular flexibility index (Phi) is 3.66. The number of aromatic nitrogens is 2. The van der Waals surface area contributed by atoms with Crippen LogP contribution in [0.2, 0.25) is 0 Å². The molecule has 0 aliphatic heterocycles. The molecule has 2 rings (SSSR count). The molecule has 0 aliphatic carbocycles. The third kappa shape index (κ3) is 2.53. The van der Waals surface area contributed by atoms with Crippen molar-refractivity contribution in [3.05, 3.63) is 40.5 Å². The number of nitrogens with zero attached hydrogens (tertiary/aromatic N) is 2. The van der Waals surface area contributed by atoms with Crippen LogP contribution < -0.4 is 10.1 Å². The number of methoxy groups -OCH3 is 1. The predicted molar refractivity (Wildman–Crippen MR) is 71.9 cm³/mol. The summed E-state index contributed by atoms with van der Waals surface area (Å²) < 4.78 is 7.44. The molecule has 0 spiro atoms. The number of nitrogens with one attached hydrogen (secondary N) is 1. The van der Waals surface area contributed by atoms with Crippen LogP contribution in [0.25, 0.3) is 0 Å². The number of benzene rings is 1. The second-order valence-corrected chi connectivity index (χ2v) is 4.50. The molecule has 0 fully saturated rings. The predicted octanol–water partition coefficient (Wildman–Crippen LogP) is 2.44. The van der Waals surface area contributed by atoms with Crippen molar-refractivity contribution in [2.45, 2.75) is 0 Å². The molecular formula is C12H12BrN3O2. The molecule has 0 saturated carbocycles. The molecule has 1 amide bonds. The average Bonchev–Trinajstić information content (AvgIpc) is 2.75. The lowest BCUT2D eigenvalue weighted by Gasteiger charge is -2.07. The summed E-state index contributed by atoms with van der Waals surface area (Å²) in [7, 11) is 3.34. The SMILES string of the molecule is COc1ccc(C(=O)Nc2ccnn2C)cc1Br. The monoisotopic (exact) mass is 309 g/mol. The van der Waals surface area contributed by atoms with E-state index in [1.54, 1.807) is 49.3 Å². The summed E-state index contributed by atoms with van der Waals surface area (Å²) in [6.07, 6.45) is 1.62. The van der Waals surface area contributed by atoms with Crippen LogP contribution in [0, 0.1) is 0 Å². The molecule has 94 valence electrons. The van der Waals surface area contributed by atoms with Gasteiger partial charge in [0.2, 0.25) is 0 Å². The molecule has 0 bridgehead atoms. The van der Waals surface area contributed by atoms with Crippen molar-refractivity contribution in [1.82, 2.24) is 9.78 Å². The Morgan fingerprint density at radius 2 is 2.22 bits per heavy atom. The zero-order valence-corrected chi connectivity index (χ0v) is 11.6. The molecule has 6 heteroatoms. The summed E-state index contributed by atoms with van der Waals surface area (Å²) in [5.74, 6) is 1.14. The van der Waals surface area contributed by atoms with Crippen molar-refractivity contribution in [2.75, 3.05) is 12.4 Å². The Balaban J connectivity index is 2.19. The van der Waals surface area contributed by atoms with Crippen LogP contribution in [-0.4, -0.2) is 22.8 Å². The van der Waals surface area contributed by atoms with Gasteiger partial charge in [-0.05, 0) is 34.1 Å². The van der Waals surface area contributed by atoms with E-state index in [-0.39, 0.29) is 5.91 Å². The quantitative estimate of drug-likeness (QED) is 0.947. The molecule has 0 atom stereocenters. The van der Waals surface area contributed by atoms with E-state index in [2.05, 4.69) is 26.3 Å². The number of hydrogen-bond acceptors (Lipinski definition) is 3. The summed E-state index contributed by atoms with van der Waals surface area (Å²) in [5, 5.41) is 6.75. The van der Waals surface area contributed by atoms with Gasteiger partial charge < -0.3 is 10.1 Å². The number of hydrogen-bond donors (Lipinski definition) is 1. The molecule has 0 aliphatic rings. The fourth-order valence-corrected chi connectivity index (χ4v) is 2.03. The molecule has 1 N–H and O–H groups in total. The molecule has 18 heavy (non-hydrogen) atoms. The van der Waals surface area contributed by atoms with Crippen molar-refractivity contribution in [2.24, 2.45) is 7.05 Å². The van der Waals surface area contributed by atoms with E-state index in [0.717, 1.165) is 4.47 Å². The van der Waals surface area contributed by atoms with Crippen LogP contribution in [0.5, 0.6) is 5.75 Å². The van der Waals surface area contributed by atoms with Gasteiger partial charge in [-0.3, -0.25) is 9.48 Å². The first kappa shape index (κ1) is 12.6. The maximum Gasteiger partial charge on any atom is 0.256 e. The molecule has 1 aromatic carbocycles. The molecule has 2 aromatic rings. The Morgan fingerprint density at radius 3 is 2.78 bits per heavy atom. The van der Waals surface area contributed by atoms with Crippen LogP contribution in [0.1, 0.15) is 10.4 Å². The van der Waals surface area contributed by atoms with Crippen molar-refractivity contribution >= 4 is 27.7 Å². The Hall–Kier alpha value is -1.82. The average molecular weight is 310 g/mol. The van der Waals surface area contributed by atoms with Gasteiger partial charge in [0.25, 0.3) is 5.91 Å². The van der Waals surface area contributed by atoms with Crippen LogP contribution in [0.3, 0.4) is 0 Å². The highest BCUT2D eigenvalue weighted by molar-refractivity contribution is 9.10. The zero-order chi connectivity index (χ0) is 13.1. The first-order valence-electron chi connectivity index (χ1n) is 5.24. The molecule has 0 saturated heterocycles. The van der Waals surface area contributed by atoms with Crippen LogP contribution in [0.4, 0.5) is 5.82 Å². The standard InChI is InChI=1S/C12H12BrN3O2/c1-16-11(5-6-14-16)15-12(17)8-3-4-10(18-2)9(13)7-8/h3-7H,1-2H3,(H,15,17). The molecule has 1 heterocycles. The van der Waals surface area contributed by atoms with Crippen molar-refractivity contribution in [3.8, 4) is 5.75 Å². The first-order chi connectivity index (χ1) is 8.61. The van der Waals surface area contributed by atoms with E-state index in [9.17, 15) is 4.79 Å². The van der Waals surface area contributed by atoms with Crippen LogP contribution >= 0.6 is 15.9 Å². The molecule has 1 aromatic heterocycles. The number of rotatable bonds is 3. The van der Waals surface area contributed by atoms with Gasteiger partial charge in [-0.1, -0.05) is 0 Å². The fourth-order valence-electron chi connectivity index (χ4n) is 1.49. The van der Waals surface area contributed by atoms with E-state index < -0.39 is 0 Å². The van der Waals surface area contributed by atoms with E-state index in [0.29, 0.717) is 17.1 Å². The first-order valence-corrected chi connectivity index (χ1v) is 6.04. The summed E-state index contributed by atoms with van der Waals surface area (Å²) in [4.78, 5) is 12.0. The maximum absolute atomic E-state index is 12.0. The maximum atomic E-state index is 12.0. The molecule has 5 nitrogen and oxygen atoms in total. The minimum absolute atomic E-state index is 0.193. The van der Waals surface area contributed by atoms with Gasteiger partial charge in [0.1, 0.15) is 11.6 Å². The van der Waals surface area contributed by atoms with E-state index in [1.165, 1.54) is 0 Å². The second-order valence-electron chi connectivity index (χ2n) is 3.64. The highest BCUT2D eigenvalue weighted by Crippen LogP contribution is 2.25. The summed E-state index contributed by atoms with van der Waals surface area (Å²) in [6.45, 7) is 0. The number of aryl methyl sites for hydroxylation is 1. The Bertz CT molecular complexity index is 580. The van der Waals surface area contributed by atoms with Gasteiger partial charge in [-0.2, -0.15) is 5.10 Å².